The quantitative estimate of drug-likeness (QED) is 0.677. The van der Waals surface area contributed by atoms with Crippen LogP contribution in [0.2, 0.25) is 0 Å². The average Bonchev–Trinajstić information content (AvgIpc) is 2.24. The molecule has 0 aliphatic heterocycles. The number of hydrogen-bond donors (Lipinski definition) is 0. The highest BCUT2D eigenvalue weighted by Gasteiger charge is 1.93. The second-order valence-electron chi connectivity index (χ2n) is 2.74. The van der Waals surface area contributed by atoms with Crippen LogP contribution < -0.4 is 4.74 Å². The second kappa shape index (κ2) is 5.67. The summed E-state index contributed by atoms with van der Waals surface area (Å²) in [4.78, 5) is 0. The maximum atomic E-state index is 8.28. The van der Waals surface area contributed by atoms with Gasteiger partial charge in [-0.1, -0.05) is 18.9 Å². The number of ether oxygens (including phenoxy) is 1. The molecule has 70 valence electrons. The zero-order valence-corrected chi connectivity index (χ0v) is 8.08. The molecule has 2 nitrogen and oxygen atoms in total. The largest absolute Gasteiger partial charge is 0.494 e. The predicted octanol–water partition coefficient (Wildman–Crippen LogP) is 2.35. The van der Waals surface area contributed by atoms with E-state index in [9.17, 15) is 0 Å². The van der Waals surface area contributed by atoms with E-state index in [1.54, 1.807) is 6.07 Å². The monoisotopic (exact) mass is 185 g/mol. The smallest absolute Gasteiger partial charge is 0.152 e. The molecule has 0 unspecified atom stereocenters. The maximum absolute atomic E-state index is 8.28. The van der Waals surface area contributed by atoms with Gasteiger partial charge in [-0.15, -0.1) is 0 Å². The molecule has 0 heterocycles. The minimum Gasteiger partial charge on any atom is -0.494 e. The van der Waals surface area contributed by atoms with Gasteiger partial charge in [-0.25, -0.2) is 0 Å². The summed E-state index contributed by atoms with van der Waals surface area (Å²) in [6.07, 6.45) is 0.980. The fourth-order valence-electron chi connectivity index (χ4n) is 0.984. The molecule has 1 aromatic rings. The number of nitrogens with zero attached hydrogens (tertiary/aromatic N) is 1. The van der Waals surface area contributed by atoms with Gasteiger partial charge in [-0.3, -0.25) is 0 Å². The Kier molecular flexibility index (Phi) is 4.11. The van der Waals surface area contributed by atoms with Crippen LogP contribution in [0, 0.1) is 23.2 Å². The molecule has 14 heavy (non-hydrogen) atoms. The van der Waals surface area contributed by atoms with E-state index in [0.29, 0.717) is 6.61 Å². The third kappa shape index (κ3) is 3.21. The van der Waals surface area contributed by atoms with Crippen LogP contribution in [0.1, 0.15) is 18.9 Å². The van der Waals surface area contributed by atoms with E-state index in [1.165, 1.54) is 0 Å². The molecule has 0 radical (unpaired) electrons. The van der Waals surface area contributed by atoms with Gasteiger partial charge in [0.25, 0.3) is 0 Å². The Labute approximate surface area is 84.1 Å². The van der Waals surface area contributed by atoms with Crippen molar-refractivity contribution in [2.24, 2.45) is 0 Å². The Morgan fingerprint density at radius 2 is 2.29 bits per heavy atom. The summed E-state index contributed by atoms with van der Waals surface area (Å²) in [6, 6.07) is 9.21. The van der Waals surface area contributed by atoms with Crippen molar-refractivity contribution in [3.63, 3.8) is 0 Å². The molecule has 0 aliphatic carbocycles. The first kappa shape index (κ1) is 10.2. The van der Waals surface area contributed by atoms with E-state index in [0.717, 1.165) is 17.7 Å². The molecular formula is C12H11NO. The predicted molar refractivity (Wildman–Crippen MR) is 54.7 cm³/mol. The highest BCUT2D eigenvalue weighted by atomic mass is 16.5. The van der Waals surface area contributed by atoms with Crippen LogP contribution >= 0.6 is 0 Å². The first-order chi connectivity index (χ1) is 6.86. The van der Waals surface area contributed by atoms with Gasteiger partial charge in [-0.05, 0) is 24.6 Å². The lowest BCUT2D eigenvalue weighted by atomic mass is 10.2. The Bertz CT molecular complexity index is 393. The lowest BCUT2D eigenvalue weighted by Crippen LogP contribution is -1.94. The van der Waals surface area contributed by atoms with Gasteiger partial charge in [0.05, 0.1) is 6.61 Å². The number of nitriles is 1. The average molecular weight is 185 g/mol. The highest BCUT2D eigenvalue weighted by Crippen LogP contribution is 2.12. The zero-order chi connectivity index (χ0) is 10.2. The van der Waals surface area contributed by atoms with E-state index < -0.39 is 0 Å². The summed E-state index contributed by atoms with van der Waals surface area (Å²) in [5, 5.41) is 8.28. The topological polar surface area (TPSA) is 33.0 Å². The van der Waals surface area contributed by atoms with Crippen molar-refractivity contribution in [1.82, 2.24) is 0 Å². The molecule has 0 aliphatic rings. The van der Waals surface area contributed by atoms with Crippen LogP contribution in [0.3, 0.4) is 0 Å². The third-order valence-corrected chi connectivity index (χ3v) is 1.57. The van der Waals surface area contributed by atoms with Crippen molar-refractivity contribution in [3.8, 4) is 23.7 Å². The van der Waals surface area contributed by atoms with Gasteiger partial charge in [0, 0.05) is 11.5 Å². The molecule has 0 N–H and O–H groups in total. The van der Waals surface area contributed by atoms with Gasteiger partial charge < -0.3 is 4.74 Å². The molecule has 0 saturated carbocycles. The summed E-state index contributed by atoms with van der Waals surface area (Å²) >= 11 is 0. The van der Waals surface area contributed by atoms with Gasteiger partial charge in [0.2, 0.25) is 0 Å². The van der Waals surface area contributed by atoms with Crippen LogP contribution in [-0.4, -0.2) is 6.61 Å². The van der Waals surface area contributed by atoms with Gasteiger partial charge >= 0.3 is 0 Å². The lowest BCUT2D eigenvalue weighted by molar-refractivity contribution is 0.317. The molecule has 0 saturated heterocycles. The van der Waals surface area contributed by atoms with E-state index in [-0.39, 0.29) is 0 Å². The van der Waals surface area contributed by atoms with Crippen molar-refractivity contribution in [2.45, 2.75) is 13.3 Å². The minimum absolute atomic E-state index is 0.704. The van der Waals surface area contributed by atoms with E-state index in [1.807, 2.05) is 24.3 Å². The van der Waals surface area contributed by atoms with Crippen molar-refractivity contribution >= 4 is 0 Å². The molecule has 0 aromatic heterocycles. The summed E-state index contributed by atoms with van der Waals surface area (Å²) in [5.74, 6) is 5.87. The van der Waals surface area contributed by atoms with Crippen LogP contribution in [-0.2, 0) is 0 Å². The number of hydrogen-bond acceptors (Lipinski definition) is 2. The molecule has 1 aromatic carbocycles. The highest BCUT2D eigenvalue weighted by molar-refractivity contribution is 5.41. The molecule has 1 rings (SSSR count). The molecule has 0 fully saturated rings. The summed E-state index contributed by atoms with van der Waals surface area (Å²) in [7, 11) is 0. The maximum Gasteiger partial charge on any atom is 0.152 e. The Morgan fingerprint density at radius 3 is 3.00 bits per heavy atom. The van der Waals surface area contributed by atoms with E-state index >= 15 is 0 Å². The van der Waals surface area contributed by atoms with E-state index in [2.05, 4.69) is 18.8 Å². The lowest BCUT2D eigenvalue weighted by Gasteiger charge is -2.03. The number of benzene rings is 1. The van der Waals surface area contributed by atoms with Crippen LogP contribution in [0.4, 0.5) is 0 Å². The molecule has 0 atom stereocenters. The fourth-order valence-corrected chi connectivity index (χ4v) is 0.984. The van der Waals surface area contributed by atoms with Crippen LogP contribution in [0.5, 0.6) is 5.75 Å². The Hall–Kier alpha value is -1.93. The number of rotatable bonds is 3. The van der Waals surface area contributed by atoms with Crippen LogP contribution in [0.25, 0.3) is 0 Å². The van der Waals surface area contributed by atoms with Crippen molar-refractivity contribution in [1.29, 1.82) is 5.26 Å². The van der Waals surface area contributed by atoms with Gasteiger partial charge in [0.15, 0.2) is 6.07 Å². The Morgan fingerprint density at radius 1 is 1.43 bits per heavy atom. The Balaban J connectivity index is 2.75. The third-order valence-electron chi connectivity index (χ3n) is 1.57. The summed E-state index contributed by atoms with van der Waals surface area (Å²) < 4.78 is 5.43. The fraction of sp³-hybridized carbons (Fsp3) is 0.250. The zero-order valence-electron chi connectivity index (χ0n) is 8.08. The van der Waals surface area contributed by atoms with Gasteiger partial charge in [-0.2, -0.15) is 5.26 Å². The normalized spacial score (nSPS) is 8.29. The van der Waals surface area contributed by atoms with Gasteiger partial charge in [0.1, 0.15) is 5.75 Å². The molecule has 0 spiro atoms. The summed E-state index contributed by atoms with van der Waals surface area (Å²) in [6.45, 7) is 2.76. The molecular weight excluding hydrogens is 174 g/mol. The molecule has 0 amide bonds. The van der Waals surface area contributed by atoms with Crippen molar-refractivity contribution in [3.05, 3.63) is 29.8 Å². The van der Waals surface area contributed by atoms with E-state index in [4.69, 9.17) is 10.00 Å². The first-order valence-electron chi connectivity index (χ1n) is 4.49. The second-order valence-corrected chi connectivity index (χ2v) is 2.74. The first-order valence-corrected chi connectivity index (χ1v) is 4.49. The SMILES string of the molecule is CCCOc1cccc(C#CC#N)c1. The minimum atomic E-state index is 0.704. The van der Waals surface area contributed by atoms with Crippen LogP contribution in [0.15, 0.2) is 24.3 Å². The standard InChI is InChI=1S/C12H11NO/c1-2-9-14-12-7-3-5-11(10-12)6-4-8-13/h3,5,7,10H,2,9H2,1H3. The molecule has 0 bridgehead atoms. The summed E-state index contributed by atoms with van der Waals surface area (Å²) in [5.41, 5.74) is 0.806. The van der Waals surface area contributed by atoms with Crippen molar-refractivity contribution < 1.29 is 4.74 Å². The van der Waals surface area contributed by atoms with Crippen molar-refractivity contribution in [2.75, 3.05) is 6.61 Å². The molecule has 2 heteroatoms.